The summed E-state index contributed by atoms with van der Waals surface area (Å²) < 4.78 is 4.95. The van der Waals surface area contributed by atoms with Gasteiger partial charge in [0.1, 0.15) is 0 Å². The third-order valence-electron chi connectivity index (χ3n) is 4.03. The van der Waals surface area contributed by atoms with Crippen LogP contribution in [0.5, 0.6) is 0 Å². The van der Waals surface area contributed by atoms with Crippen molar-refractivity contribution in [2.45, 2.75) is 12.8 Å². The summed E-state index contributed by atoms with van der Waals surface area (Å²) in [5.41, 5.74) is 0.878. The van der Waals surface area contributed by atoms with E-state index >= 15 is 0 Å². The number of carbonyl (C=O) groups is 2. The van der Waals surface area contributed by atoms with E-state index < -0.39 is 0 Å². The first kappa shape index (κ1) is 15.5. The van der Waals surface area contributed by atoms with Crippen LogP contribution in [0.25, 0.3) is 10.9 Å². The van der Waals surface area contributed by atoms with Gasteiger partial charge >= 0.3 is 0 Å². The molecular weight excluding hydrogens is 296 g/mol. The van der Waals surface area contributed by atoms with Crippen molar-refractivity contribution in [1.29, 1.82) is 0 Å². The number of ether oxygens (including phenoxy) is 1. The van der Waals surface area contributed by atoms with Crippen molar-refractivity contribution in [3.63, 3.8) is 0 Å². The van der Waals surface area contributed by atoms with Gasteiger partial charge in [-0.15, -0.1) is 0 Å². The van der Waals surface area contributed by atoms with Crippen molar-refractivity contribution in [2.75, 3.05) is 31.7 Å². The molecule has 122 valence electrons. The zero-order valence-corrected chi connectivity index (χ0v) is 13.0. The average molecular weight is 316 g/mol. The summed E-state index contributed by atoms with van der Waals surface area (Å²) in [6, 6.07) is 7.64. The molecule has 1 unspecified atom stereocenters. The molecule has 2 aromatic rings. The fourth-order valence-corrected chi connectivity index (χ4v) is 2.82. The second-order valence-corrected chi connectivity index (χ2v) is 5.64. The molecule has 2 amide bonds. The Bertz CT molecular complexity index is 712. The van der Waals surface area contributed by atoms with Gasteiger partial charge < -0.3 is 10.1 Å². The highest BCUT2D eigenvalue weighted by Crippen LogP contribution is 2.29. The van der Waals surface area contributed by atoms with Crippen LogP contribution >= 0.6 is 0 Å². The smallest absolute Gasteiger partial charge is 0.229 e. The molecule has 23 heavy (non-hydrogen) atoms. The minimum atomic E-state index is -0.333. The van der Waals surface area contributed by atoms with E-state index in [-0.39, 0.29) is 24.2 Å². The number of nitrogens with zero attached hydrogens (tertiary/aromatic N) is 2. The Morgan fingerprint density at radius 1 is 1.48 bits per heavy atom. The first-order chi connectivity index (χ1) is 11.2. The molecular formula is C16H20N4O3. The molecule has 2 heterocycles. The fraction of sp³-hybridized carbons (Fsp3) is 0.438. The number of hydrogen-bond donors (Lipinski definition) is 2. The van der Waals surface area contributed by atoms with E-state index in [4.69, 9.17) is 4.74 Å². The molecule has 0 bridgehead atoms. The molecule has 1 atom stereocenters. The van der Waals surface area contributed by atoms with E-state index in [1.54, 1.807) is 12.0 Å². The van der Waals surface area contributed by atoms with Crippen LogP contribution in [-0.2, 0) is 14.3 Å². The Labute approximate surface area is 134 Å². The van der Waals surface area contributed by atoms with E-state index in [9.17, 15) is 9.59 Å². The maximum absolute atomic E-state index is 12.3. The molecule has 0 saturated carbocycles. The van der Waals surface area contributed by atoms with E-state index in [0.29, 0.717) is 25.5 Å². The number of fused-ring (bicyclic) bond motifs is 1. The van der Waals surface area contributed by atoms with Crippen molar-refractivity contribution in [3.05, 3.63) is 24.3 Å². The highest BCUT2D eigenvalue weighted by atomic mass is 16.5. The Kier molecular flexibility index (Phi) is 4.57. The van der Waals surface area contributed by atoms with Crippen LogP contribution in [0.15, 0.2) is 24.3 Å². The highest BCUT2D eigenvalue weighted by Gasteiger charge is 2.36. The van der Waals surface area contributed by atoms with Crippen molar-refractivity contribution in [2.24, 2.45) is 5.92 Å². The summed E-state index contributed by atoms with van der Waals surface area (Å²) in [6.07, 6.45) is 0.980. The number of benzene rings is 1. The lowest BCUT2D eigenvalue weighted by atomic mass is 10.1. The van der Waals surface area contributed by atoms with E-state index in [2.05, 4.69) is 15.5 Å². The molecule has 1 aliphatic heterocycles. The molecule has 1 aliphatic rings. The van der Waals surface area contributed by atoms with Gasteiger partial charge in [0, 0.05) is 38.6 Å². The van der Waals surface area contributed by atoms with Gasteiger partial charge in [-0.2, -0.15) is 5.10 Å². The Balaban J connectivity index is 1.67. The van der Waals surface area contributed by atoms with Gasteiger partial charge in [0.15, 0.2) is 5.82 Å². The zero-order chi connectivity index (χ0) is 16.2. The quantitative estimate of drug-likeness (QED) is 0.780. The summed E-state index contributed by atoms with van der Waals surface area (Å²) in [7, 11) is 1.63. The van der Waals surface area contributed by atoms with Gasteiger partial charge in [-0.25, -0.2) is 0 Å². The third-order valence-corrected chi connectivity index (χ3v) is 4.03. The summed E-state index contributed by atoms with van der Waals surface area (Å²) in [4.78, 5) is 26.0. The zero-order valence-electron chi connectivity index (χ0n) is 13.0. The number of carbonyl (C=O) groups excluding carboxylic acids is 2. The summed E-state index contributed by atoms with van der Waals surface area (Å²) >= 11 is 0. The van der Waals surface area contributed by atoms with Gasteiger partial charge in [-0.1, -0.05) is 12.1 Å². The number of hydrogen-bond acceptors (Lipinski definition) is 4. The van der Waals surface area contributed by atoms with Crippen molar-refractivity contribution in [1.82, 2.24) is 15.5 Å². The van der Waals surface area contributed by atoms with Crippen LogP contribution in [0, 0.1) is 5.92 Å². The second kappa shape index (κ2) is 6.78. The maximum Gasteiger partial charge on any atom is 0.229 e. The minimum Gasteiger partial charge on any atom is -0.385 e. The highest BCUT2D eigenvalue weighted by molar-refractivity contribution is 6.05. The molecule has 7 nitrogen and oxygen atoms in total. The number of amides is 2. The molecule has 3 rings (SSSR count). The summed E-state index contributed by atoms with van der Waals surface area (Å²) in [5.74, 6) is 0.108. The third kappa shape index (κ3) is 3.19. The van der Waals surface area contributed by atoms with Crippen molar-refractivity contribution < 1.29 is 14.3 Å². The lowest BCUT2D eigenvalue weighted by Gasteiger charge is -2.14. The van der Waals surface area contributed by atoms with Gasteiger partial charge in [0.25, 0.3) is 0 Å². The normalized spacial score (nSPS) is 17.9. The predicted octanol–water partition coefficient (Wildman–Crippen LogP) is 1.07. The van der Waals surface area contributed by atoms with E-state index in [0.717, 1.165) is 17.3 Å². The van der Waals surface area contributed by atoms with Gasteiger partial charge in [-0.05, 0) is 18.6 Å². The summed E-state index contributed by atoms with van der Waals surface area (Å²) in [6.45, 7) is 1.53. The van der Waals surface area contributed by atoms with Crippen LogP contribution in [0.1, 0.15) is 12.8 Å². The summed E-state index contributed by atoms with van der Waals surface area (Å²) in [5, 5.41) is 10.9. The molecule has 1 aromatic carbocycles. The molecule has 0 radical (unpaired) electrons. The largest absolute Gasteiger partial charge is 0.385 e. The van der Waals surface area contributed by atoms with Crippen LogP contribution < -0.4 is 10.2 Å². The molecule has 0 spiro atoms. The number of aromatic nitrogens is 2. The SMILES string of the molecule is COCCCNC(=O)C1CC(=O)N(c2n[nH]c3ccccc23)C1. The second-order valence-electron chi connectivity index (χ2n) is 5.64. The molecule has 1 saturated heterocycles. The first-order valence-electron chi connectivity index (χ1n) is 7.71. The van der Waals surface area contributed by atoms with Crippen LogP contribution in [0.2, 0.25) is 0 Å². The molecule has 7 heteroatoms. The Morgan fingerprint density at radius 2 is 2.30 bits per heavy atom. The minimum absolute atomic E-state index is 0.0701. The number of methoxy groups -OCH3 is 1. The maximum atomic E-state index is 12.3. The van der Waals surface area contributed by atoms with Crippen LogP contribution in [0.4, 0.5) is 5.82 Å². The molecule has 2 N–H and O–H groups in total. The topological polar surface area (TPSA) is 87.3 Å². The number of anilines is 1. The number of H-pyrrole nitrogens is 1. The van der Waals surface area contributed by atoms with Crippen LogP contribution in [0.3, 0.4) is 0 Å². The van der Waals surface area contributed by atoms with Crippen LogP contribution in [-0.4, -0.2) is 48.8 Å². The van der Waals surface area contributed by atoms with Crippen molar-refractivity contribution in [3.8, 4) is 0 Å². The lowest BCUT2D eigenvalue weighted by molar-refractivity contribution is -0.126. The first-order valence-corrected chi connectivity index (χ1v) is 7.71. The van der Waals surface area contributed by atoms with E-state index in [1.807, 2.05) is 24.3 Å². The lowest BCUT2D eigenvalue weighted by Crippen LogP contribution is -2.34. The van der Waals surface area contributed by atoms with Crippen molar-refractivity contribution >= 4 is 28.5 Å². The molecule has 1 fully saturated rings. The molecule has 0 aliphatic carbocycles. The van der Waals surface area contributed by atoms with Gasteiger partial charge in [-0.3, -0.25) is 19.6 Å². The number of para-hydroxylation sites is 1. The predicted molar refractivity (Wildman–Crippen MR) is 86.1 cm³/mol. The fourth-order valence-electron chi connectivity index (χ4n) is 2.82. The standard InChI is InChI=1S/C16H20N4O3/c1-23-8-4-7-17-16(22)11-9-14(21)20(10-11)15-12-5-2-3-6-13(12)18-19-15/h2-3,5-6,11H,4,7-10H2,1H3,(H,17,22)(H,18,19). The van der Waals surface area contributed by atoms with Gasteiger partial charge in [0.2, 0.25) is 11.8 Å². The van der Waals surface area contributed by atoms with Gasteiger partial charge in [0.05, 0.1) is 11.4 Å². The Hall–Kier alpha value is -2.41. The number of nitrogens with one attached hydrogen (secondary N) is 2. The molecule has 1 aromatic heterocycles. The Morgan fingerprint density at radius 3 is 3.13 bits per heavy atom. The van der Waals surface area contributed by atoms with E-state index in [1.165, 1.54) is 0 Å². The monoisotopic (exact) mass is 316 g/mol. The number of aromatic amines is 1. The average Bonchev–Trinajstić information content (AvgIpc) is 3.14. The number of rotatable bonds is 6.